The fourth-order valence-corrected chi connectivity index (χ4v) is 1.69. The van der Waals surface area contributed by atoms with Crippen LogP contribution in [0.2, 0.25) is 5.02 Å². The minimum atomic E-state index is -0.128. The number of benzene rings is 1. The van der Waals surface area contributed by atoms with Crippen molar-refractivity contribution in [1.29, 1.82) is 0 Å². The summed E-state index contributed by atoms with van der Waals surface area (Å²) in [5, 5.41) is 3.23. The van der Waals surface area contributed by atoms with Gasteiger partial charge in [-0.05, 0) is 12.1 Å². The second kappa shape index (κ2) is 6.67. The molecular weight excluding hydrogens is 305 g/mol. The van der Waals surface area contributed by atoms with Gasteiger partial charge in [0.05, 0.1) is 13.5 Å². The van der Waals surface area contributed by atoms with E-state index in [4.69, 9.17) is 16.3 Å². The van der Waals surface area contributed by atoms with E-state index in [1.807, 2.05) is 0 Å². The lowest BCUT2D eigenvalue weighted by molar-refractivity contribution is -0.120. The van der Waals surface area contributed by atoms with Crippen molar-refractivity contribution in [2.45, 2.75) is 6.42 Å². The first-order chi connectivity index (χ1) is 8.04. The van der Waals surface area contributed by atoms with E-state index in [1.165, 1.54) is 0 Å². The van der Waals surface area contributed by atoms with Gasteiger partial charge < -0.3 is 10.1 Å². The van der Waals surface area contributed by atoms with Crippen molar-refractivity contribution in [1.82, 2.24) is 5.32 Å². The Balaban J connectivity index is 2.73. The largest absolute Gasteiger partial charge is 0.496 e. The second-order valence-corrected chi connectivity index (χ2v) is 4.92. The summed E-state index contributed by atoms with van der Waals surface area (Å²) in [5.41, 5.74) is 0.689. The summed E-state index contributed by atoms with van der Waals surface area (Å²) in [5.74, 6) is 0.488. The molecule has 0 atom stereocenters. The fraction of sp³-hybridized carbons (Fsp3) is 0.250. The SMILES string of the molecule is C=C(Br)CNC(=O)Cc1c(Cl)cccc1OC. The Morgan fingerprint density at radius 1 is 1.59 bits per heavy atom. The van der Waals surface area contributed by atoms with E-state index in [1.54, 1.807) is 25.3 Å². The normalized spacial score (nSPS) is 9.82. The van der Waals surface area contributed by atoms with Gasteiger partial charge in [0.25, 0.3) is 0 Å². The number of nitrogens with one attached hydrogen (secondary N) is 1. The molecule has 92 valence electrons. The Bertz CT molecular complexity index is 435. The predicted molar refractivity (Wildman–Crippen MR) is 72.8 cm³/mol. The molecule has 1 aromatic carbocycles. The minimum Gasteiger partial charge on any atom is -0.496 e. The summed E-state index contributed by atoms with van der Waals surface area (Å²) in [6, 6.07) is 5.29. The van der Waals surface area contributed by atoms with Crippen LogP contribution in [0.3, 0.4) is 0 Å². The predicted octanol–water partition coefficient (Wildman–Crippen LogP) is 2.92. The average Bonchev–Trinajstić information content (AvgIpc) is 2.29. The Morgan fingerprint density at radius 3 is 2.88 bits per heavy atom. The van der Waals surface area contributed by atoms with Gasteiger partial charge >= 0.3 is 0 Å². The molecule has 0 unspecified atom stereocenters. The molecule has 0 aliphatic heterocycles. The molecule has 1 aromatic rings. The Kier molecular flexibility index (Phi) is 5.51. The van der Waals surface area contributed by atoms with E-state index in [0.717, 1.165) is 4.48 Å². The maximum Gasteiger partial charge on any atom is 0.224 e. The number of methoxy groups -OCH3 is 1. The van der Waals surface area contributed by atoms with Crippen LogP contribution < -0.4 is 10.1 Å². The first-order valence-electron chi connectivity index (χ1n) is 4.96. The van der Waals surface area contributed by atoms with E-state index in [-0.39, 0.29) is 12.3 Å². The molecule has 0 fully saturated rings. The van der Waals surface area contributed by atoms with Crippen molar-refractivity contribution < 1.29 is 9.53 Å². The number of amides is 1. The highest BCUT2D eigenvalue weighted by Gasteiger charge is 2.11. The van der Waals surface area contributed by atoms with E-state index < -0.39 is 0 Å². The number of carbonyl (C=O) groups is 1. The lowest BCUT2D eigenvalue weighted by Crippen LogP contribution is -2.26. The van der Waals surface area contributed by atoms with Gasteiger partial charge in [-0.3, -0.25) is 4.79 Å². The van der Waals surface area contributed by atoms with Crippen LogP contribution in [0.1, 0.15) is 5.56 Å². The van der Waals surface area contributed by atoms with Crippen LogP contribution in [0.15, 0.2) is 29.3 Å². The molecule has 0 spiro atoms. The van der Waals surface area contributed by atoms with Crippen LogP contribution in [0.25, 0.3) is 0 Å². The van der Waals surface area contributed by atoms with E-state index in [0.29, 0.717) is 22.9 Å². The zero-order valence-corrected chi connectivity index (χ0v) is 11.8. The first-order valence-corrected chi connectivity index (χ1v) is 6.13. The summed E-state index contributed by atoms with van der Waals surface area (Å²) in [6.45, 7) is 4.03. The van der Waals surface area contributed by atoms with Crippen LogP contribution in [0.5, 0.6) is 5.75 Å². The minimum absolute atomic E-state index is 0.128. The fourth-order valence-electron chi connectivity index (χ4n) is 1.32. The number of ether oxygens (including phenoxy) is 1. The Labute approximate surface area is 114 Å². The molecule has 0 aromatic heterocycles. The molecule has 1 rings (SSSR count). The third-order valence-corrected chi connectivity index (χ3v) is 2.74. The van der Waals surface area contributed by atoms with Crippen molar-refractivity contribution in [3.63, 3.8) is 0 Å². The van der Waals surface area contributed by atoms with Crippen molar-refractivity contribution >= 4 is 33.4 Å². The van der Waals surface area contributed by atoms with Crippen LogP contribution in [-0.2, 0) is 11.2 Å². The summed E-state index contributed by atoms with van der Waals surface area (Å²) < 4.78 is 5.88. The molecule has 1 amide bonds. The number of hydrogen-bond donors (Lipinski definition) is 1. The highest BCUT2D eigenvalue weighted by Crippen LogP contribution is 2.26. The van der Waals surface area contributed by atoms with Crippen LogP contribution in [0.4, 0.5) is 0 Å². The van der Waals surface area contributed by atoms with E-state index >= 15 is 0 Å². The number of halogens is 2. The quantitative estimate of drug-likeness (QED) is 0.906. The van der Waals surface area contributed by atoms with Gasteiger partial charge in [-0.15, -0.1) is 0 Å². The lowest BCUT2D eigenvalue weighted by atomic mass is 10.1. The molecule has 0 heterocycles. The van der Waals surface area contributed by atoms with Crippen molar-refractivity contribution in [3.05, 3.63) is 39.8 Å². The average molecular weight is 319 g/mol. The van der Waals surface area contributed by atoms with Crippen LogP contribution >= 0.6 is 27.5 Å². The monoisotopic (exact) mass is 317 g/mol. The van der Waals surface area contributed by atoms with Gasteiger partial charge in [0.2, 0.25) is 5.91 Å². The Morgan fingerprint density at radius 2 is 2.29 bits per heavy atom. The number of hydrogen-bond acceptors (Lipinski definition) is 2. The third kappa shape index (κ3) is 4.40. The molecular formula is C12H13BrClNO2. The van der Waals surface area contributed by atoms with Crippen LogP contribution in [0, 0.1) is 0 Å². The second-order valence-electron chi connectivity index (χ2n) is 3.39. The maximum atomic E-state index is 11.7. The molecule has 0 bridgehead atoms. The molecule has 0 saturated heterocycles. The topological polar surface area (TPSA) is 38.3 Å². The van der Waals surface area contributed by atoms with E-state index in [2.05, 4.69) is 27.8 Å². The third-order valence-electron chi connectivity index (χ3n) is 2.11. The highest BCUT2D eigenvalue weighted by atomic mass is 79.9. The van der Waals surface area contributed by atoms with Gasteiger partial charge in [0.15, 0.2) is 0 Å². The highest BCUT2D eigenvalue weighted by molar-refractivity contribution is 9.11. The van der Waals surface area contributed by atoms with Crippen molar-refractivity contribution in [3.8, 4) is 5.75 Å². The standard InChI is InChI=1S/C12H13BrClNO2/c1-8(13)7-15-12(16)6-9-10(14)4-3-5-11(9)17-2/h3-5H,1,6-7H2,2H3,(H,15,16). The molecule has 5 heteroatoms. The van der Waals surface area contributed by atoms with Gasteiger partial charge in [0, 0.05) is 21.6 Å². The molecule has 0 saturated carbocycles. The molecule has 0 aliphatic rings. The molecule has 0 radical (unpaired) electrons. The van der Waals surface area contributed by atoms with Crippen molar-refractivity contribution in [2.24, 2.45) is 0 Å². The van der Waals surface area contributed by atoms with Gasteiger partial charge in [-0.25, -0.2) is 0 Å². The first kappa shape index (κ1) is 14.1. The Hall–Kier alpha value is -1.00. The summed E-state index contributed by atoms with van der Waals surface area (Å²) >= 11 is 9.20. The molecule has 17 heavy (non-hydrogen) atoms. The maximum absolute atomic E-state index is 11.7. The van der Waals surface area contributed by atoms with Gasteiger partial charge in [-0.1, -0.05) is 40.2 Å². The van der Waals surface area contributed by atoms with Gasteiger partial charge in [0.1, 0.15) is 5.75 Å². The molecule has 3 nitrogen and oxygen atoms in total. The number of carbonyl (C=O) groups excluding carboxylic acids is 1. The molecule has 1 N–H and O–H groups in total. The lowest BCUT2D eigenvalue weighted by Gasteiger charge is -2.10. The van der Waals surface area contributed by atoms with Crippen molar-refractivity contribution in [2.75, 3.05) is 13.7 Å². The molecule has 0 aliphatic carbocycles. The summed E-state index contributed by atoms with van der Waals surface area (Å²) in [4.78, 5) is 11.7. The zero-order valence-electron chi connectivity index (χ0n) is 9.43. The smallest absolute Gasteiger partial charge is 0.224 e. The summed E-state index contributed by atoms with van der Waals surface area (Å²) in [6.07, 6.45) is 0.184. The summed E-state index contributed by atoms with van der Waals surface area (Å²) in [7, 11) is 1.55. The number of rotatable bonds is 5. The van der Waals surface area contributed by atoms with E-state index in [9.17, 15) is 4.79 Å². The zero-order chi connectivity index (χ0) is 12.8. The van der Waals surface area contributed by atoms with Crippen LogP contribution in [-0.4, -0.2) is 19.6 Å². The van der Waals surface area contributed by atoms with Gasteiger partial charge in [-0.2, -0.15) is 0 Å².